The Morgan fingerprint density at radius 3 is 2.58 bits per heavy atom. The van der Waals surface area contributed by atoms with E-state index < -0.39 is 17.5 Å². The monoisotopic (exact) mass is 289 g/mol. The van der Waals surface area contributed by atoms with E-state index in [4.69, 9.17) is 11.6 Å². The highest BCUT2D eigenvalue weighted by Crippen LogP contribution is 2.23. The third-order valence-corrected chi connectivity index (χ3v) is 3.19. The predicted octanol–water partition coefficient (Wildman–Crippen LogP) is 3.41. The molecule has 0 atom stereocenters. The van der Waals surface area contributed by atoms with E-state index in [9.17, 15) is 13.2 Å². The summed E-state index contributed by atoms with van der Waals surface area (Å²) in [5.74, 6) is -3.22. The molecule has 0 aliphatic heterocycles. The molecule has 0 amide bonds. The number of aryl methyl sites for hydroxylation is 2. The lowest BCUT2D eigenvalue weighted by molar-refractivity contribution is 0.497. The molecule has 0 unspecified atom stereocenters. The molecule has 0 spiro atoms. The number of benzene rings is 1. The highest BCUT2D eigenvalue weighted by Gasteiger charge is 2.14. The summed E-state index contributed by atoms with van der Waals surface area (Å²) in [5.41, 5.74) is 0.975. The van der Waals surface area contributed by atoms with Gasteiger partial charge in [-0.15, -0.1) is 0 Å². The van der Waals surface area contributed by atoms with E-state index >= 15 is 0 Å². The first-order valence-corrected chi connectivity index (χ1v) is 5.84. The molecule has 2 aromatic rings. The molecule has 3 nitrogen and oxygen atoms in total. The predicted molar refractivity (Wildman–Crippen MR) is 66.6 cm³/mol. The topological polar surface area (TPSA) is 29.9 Å². The maximum atomic E-state index is 13.4. The second-order valence-corrected chi connectivity index (χ2v) is 4.45. The zero-order chi connectivity index (χ0) is 14.2. The van der Waals surface area contributed by atoms with Crippen molar-refractivity contribution in [2.24, 2.45) is 7.05 Å². The van der Waals surface area contributed by atoms with E-state index in [0.717, 1.165) is 6.07 Å². The molecule has 7 heteroatoms. The number of nitrogens with zero attached hydrogens (tertiary/aromatic N) is 2. The molecule has 0 saturated carbocycles. The van der Waals surface area contributed by atoms with E-state index in [0.29, 0.717) is 22.5 Å². The van der Waals surface area contributed by atoms with Gasteiger partial charge in [-0.2, -0.15) is 5.10 Å². The average Bonchev–Trinajstić information content (AvgIpc) is 2.57. The average molecular weight is 290 g/mol. The number of hydrogen-bond donors (Lipinski definition) is 1. The smallest absolute Gasteiger partial charge is 0.182 e. The molecule has 0 fully saturated rings. The minimum absolute atomic E-state index is 0.107. The fourth-order valence-corrected chi connectivity index (χ4v) is 1.96. The number of hydrogen-bond acceptors (Lipinski definition) is 2. The fourth-order valence-electron chi connectivity index (χ4n) is 1.74. The van der Waals surface area contributed by atoms with Gasteiger partial charge in [-0.1, -0.05) is 11.6 Å². The maximum Gasteiger partial charge on any atom is 0.182 e. The Kier molecular flexibility index (Phi) is 3.71. The van der Waals surface area contributed by atoms with Gasteiger partial charge in [-0.25, -0.2) is 13.2 Å². The van der Waals surface area contributed by atoms with Crippen LogP contribution in [0.4, 0.5) is 18.9 Å². The number of halogens is 4. The standard InChI is InChI=1S/C12H11ClF3N3/c1-6-11(13)10(19(2)18-6)5-17-9-4-7(14)3-8(15)12(9)16/h3-4,17H,5H2,1-2H3. The van der Waals surface area contributed by atoms with Crippen LogP contribution < -0.4 is 5.32 Å². The van der Waals surface area contributed by atoms with Crippen LogP contribution in [0.15, 0.2) is 12.1 Å². The summed E-state index contributed by atoms with van der Waals surface area (Å²) in [4.78, 5) is 0. The summed E-state index contributed by atoms with van der Waals surface area (Å²) in [5, 5.41) is 7.13. The number of anilines is 1. The van der Waals surface area contributed by atoms with E-state index in [-0.39, 0.29) is 12.2 Å². The second-order valence-electron chi connectivity index (χ2n) is 4.07. The molecule has 1 N–H and O–H groups in total. The van der Waals surface area contributed by atoms with Gasteiger partial charge in [0.15, 0.2) is 11.6 Å². The Bertz CT molecular complexity index is 625. The van der Waals surface area contributed by atoms with E-state index in [1.165, 1.54) is 4.68 Å². The van der Waals surface area contributed by atoms with E-state index in [1.54, 1.807) is 14.0 Å². The van der Waals surface area contributed by atoms with Gasteiger partial charge in [0, 0.05) is 19.2 Å². The zero-order valence-electron chi connectivity index (χ0n) is 10.3. The Morgan fingerprint density at radius 1 is 1.32 bits per heavy atom. The molecule has 1 aromatic heterocycles. The summed E-state index contributed by atoms with van der Waals surface area (Å²) in [7, 11) is 1.68. The molecule has 0 radical (unpaired) electrons. The molecule has 0 aliphatic carbocycles. The van der Waals surface area contributed by atoms with Crippen molar-refractivity contribution < 1.29 is 13.2 Å². The summed E-state index contributed by atoms with van der Waals surface area (Å²) in [6, 6.07) is 1.37. The second kappa shape index (κ2) is 5.13. The van der Waals surface area contributed by atoms with Gasteiger partial charge < -0.3 is 5.32 Å². The lowest BCUT2D eigenvalue weighted by Crippen LogP contribution is -2.08. The van der Waals surface area contributed by atoms with Crippen molar-refractivity contribution in [3.8, 4) is 0 Å². The van der Waals surface area contributed by atoms with Gasteiger partial charge in [0.25, 0.3) is 0 Å². The molecule has 0 saturated heterocycles. The Balaban J connectivity index is 2.24. The minimum atomic E-state index is -1.24. The minimum Gasteiger partial charge on any atom is -0.377 e. The van der Waals surface area contributed by atoms with Gasteiger partial charge >= 0.3 is 0 Å². The Hall–Kier alpha value is -1.69. The van der Waals surface area contributed by atoms with Crippen LogP contribution in [-0.2, 0) is 13.6 Å². The van der Waals surface area contributed by atoms with E-state index in [2.05, 4.69) is 10.4 Å². The van der Waals surface area contributed by atoms with Crippen LogP contribution in [0.3, 0.4) is 0 Å². The first-order chi connectivity index (χ1) is 8.90. The summed E-state index contributed by atoms with van der Waals surface area (Å²) in [6.07, 6.45) is 0. The molecule has 0 aliphatic rings. The Morgan fingerprint density at radius 2 is 2.00 bits per heavy atom. The highest BCUT2D eigenvalue weighted by atomic mass is 35.5. The third-order valence-electron chi connectivity index (χ3n) is 2.70. The summed E-state index contributed by atoms with van der Waals surface area (Å²) < 4.78 is 41.0. The zero-order valence-corrected chi connectivity index (χ0v) is 11.0. The SMILES string of the molecule is Cc1nn(C)c(CNc2cc(F)cc(F)c2F)c1Cl. The fraction of sp³-hybridized carbons (Fsp3) is 0.250. The molecular formula is C12H11ClF3N3. The highest BCUT2D eigenvalue weighted by molar-refractivity contribution is 6.31. The van der Waals surface area contributed by atoms with Crippen molar-refractivity contribution >= 4 is 17.3 Å². The van der Waals surface area contributed by atoms with Crippen LogP contribution >= 0.6 is 11.6 Å². The van der Waals surface area contributed by atoms with Crippen molar-refractivity contribution in [1.82, 2.24) is 9.78 Å². The molecule has 102 valence electrons. The molecule has 0 bridgehead atoms. The van der Waals surface area contributed by atoms with Crippen LogP contribution in [0.25, 0.3) is 0 Å². The molecule has 1 heterocycles. The van der Waals surface area contributed by atoms with Crippen molar-refractivity contribution in [3.05, 3.63) is 46.0 Å². The van der Waals surface area contributed by atoms with Crippen LogP contribution in [0, 0.1) is 24.4 Å². The normalized spacial score (nSPS) is 10.8. The maximum absolute atomic E-state index is 13.4. The number of nitrogens with one attached hydrogen (secondary N) is 1. The summed E-state index contributed by atoms with van der Waals surface area (Å²) in [6.45, 7) is 1.84. The van der Waals surface area contributed by atoms with Crippen molar-refractivity contribution in [3.63, 3.8) is 0 Å². The van der Waals surface area contributed by atoms with Gasteiger partial charge in [-0.05, 0) is 6.92 Å². The molecule has 19 heavy (non-hydrogen) atoms. The molecule has 1 aromatic carbocycles. The lowest BCUT2D eigenvalue weighted by Gasteiger charge is -2.09. The third kappa shape index (κ3) is 2.68. The number of aromatic nitrogens is 2. The van der Waals surface area contributed by atoms with E-state index in [1.807, 2.05) is 0 Å². The van der Waals surface area contributed by atoms with Crippen molar-refractivity contribution in [2.45, 2.75) is 13.5 Å². The van der Waals surface area contributed by atoms with Gasteiger partial charge in [0.2, 0.25) is 0 Å². The van der Waals surface area contributed by atoms with Crippen LogP contribution in [-0.4, -0.2) is 9.78 Å². The molecule has 2 rings (SSSR count). The quantitative estimate of drug-likeness (QED) is 0.878. The van der Waals surface area contributed by atoms with Gasteiger partial charge in [-0.3, -0.25) is 4.68 Å². The van der Waals surface area contributed by atoms with Crippen LogP contribution in [0.5, 0.6) is 0 Å². The number of rotatable bonds is 3. The largest absolute Gasteiger partial charge is 0.377 e. The van der Waals surface area contributed by atoms with Crippen molar-refractivity contribution in [1.29, 1.82) is 0 Å². The van der Waals surface area contributed by atoms with Gasteiger partial charge in [0.05, 0.1) is 28.6 Å². The first kappa shape index (κ1) is 13.7. The van der Waals surface area contributed by atoms with Crippen molar-refractivity contribution in [2.75, 3.05) is 5.32 Å². The first-order valence-electron chi connectivity index (χ1n) is 5.46. The van der Waals surface area contributed by atoms with Crippen LogP contribution in [0.2, 0.25) is 5.02 Å². The summed E-state index contributed by atoms with van der Waals surface area (Å²) >= 11 is 6.02. The lowest BCUT2D eigenvalue weighted by atomic mass is 10.2. The molecular weight excluding hydrogens is 279 g/mol. The van der Waals surface area contributed by atoms with Gasteiger partial charge in [0.1, 0.15) is 5.82 Å². The Labute approximate surface area is 113 Å². The van der Waals surface area contributed by atoms with Crippen LogP contribution in [0.1, 0.15) is 11.4 Å².